The van der Waals surface area contributed by atoms with Crippen LogP contribution >= 0.6 is 24.0 Å². The van der Waals surface area contributed by atoms with Gasteiger partial charge in [-0.1, -0.05) is 11.6 Å². The molecule has 1 aliphatic heterocycles. The smallest absolute Gasteiger partial charge is 0.256 e. The van der Waals surface area contributed by atoms with Gasteiger partial charge in [-0.2, -0.15) is 5.10 Å². The molecule has 1 fully saturated rings. The monoisotopic (exact) mass is 541 g/mol. The summed E-state index contributed by atoms with van der Waals surface area (Å²) >= 11 is 6.10. The van der Waals surface area contributed by atoms with E-state index in [0.29, 0.717) is 16.4 Å². The van der Waals surface area contributed by atoms with Crippen molar-refractivity contribution in [2.75, 3.05) is 36.0 Å². The van der Waals surface area contributed by atoms with Gasteiger partial charge in [0.1, 0.15) is 5.82 Å². The zero-order valence-electron chi connectivity index (χ0n) is 19.9. The number of carbonyl (C=O) groups is 1. The predicted octanol–water partition coefficient (Wildman–Crippen LogP) is 2.86. The molecule has 3 N–H and O–H groups in total. The van der Waals surface area contributed by atoms with Crippen molar-refractivity contribution >= 4 is 57.1 Å². The van der Waals surface area contributed by atoms with Crippen LogP contribution in [-0.4, -0.2) is 66.3 Å². The van der Waals surface area contributed by atoms with E-state index in [9.17, 15) is 13.2 Å². The van der Waals surface area contributed by atoms with Crippen molar-refractivity contribution in [3.63, 3.8) is 0 Å². The van der Waals surface area contributed by atoms with E-state index in [1.54, 1.807) is 11.6 Å². The van der Waals surface area contributed by atoms with Gasteiger partial charge in [0.2, 0.25) is 10.0 Å². The highest BCUT2D eigenvalue weighted by atomic mass is 35.5. The third-order valence-electron chi connectivity index (χ3n) is 5.98. The SMILES string of the molecule is Cc1cn2nc([C@@H](C)N(C)C(=O)c3cc(Cl)ccc3NS(C)(=O)=O)cc2nc1N1CC[C@H](N)C1.Cl. The summed E-state index contributed by atoms with van der Waals surface area (Å²) in [6, 6.07) is 6.02. The number of hydrogen-bond donors (Lipinski definition) is 2. The molecule has 190 valence electrons. The Morgan fingerprint density at radius 1 is 1.34 bits per heavy atom. The minimum Gasteiger partial charge on any atom is -0.355 e. The molecule has 10 nitrogen and oxygen atoms in total. The van der Waals surface area contributed by atoms with Gasteiger partial charge in [-0.05, 0) is 38.5 Å². The van der Waals surface area contributed by atoms with Crippen LogP contribution in [0.5, 0.6) is 0 Å². The summed E-state index contributed by atoms with van der Waals surface area (Å²) in [4.78, 5) is 21.8. The molecule has 0 unspecified atom stereocenters. The zero-order valence-corrected chi connectivity index (χ0v) is 22.3. The highest BCUT2D eigenvalue weighted by Crippen LogP contribution is 2.28. The second-order valence-electron chi connectivity index (χ2n) is 8.77. The van der Waals surface area contributed by atoms with Gasteiger partial charge in [0, 0.05) is 49.0 Å². The number of nitrogens with two attached hydrogens (primary N) is 1. The zero-order chi connectivity index (χ0) is 24.8. The number of aromatic nitrogens is 3. The molecule has 0 spiro atoms. The van der Waals surface area contributed by atoms with Gasteiger partial charge in [0.15, 0.2) is 5.65 Å². The topological polar surface area (TPSA) is 126 Å². The normalized spacial score (nSPS) is 16.7. The molecule has 2 atom stereocenters. The Bertz CT molecular complexity index is 1360. The lowest BCUT2D eigenvalue weighted by Crippen LogP contribution is -2.31. The highest BCUT2D eigenvalue weighted by molar-refractivity contribution is 7.92. The molecule has 0 bridgehead atoms. The van der Waals surface area contributed by atoms with Gasteiger partial charge in [-0.3, -0.25) is 9.52 Å². The number of rotatable bonds is 6. The Labute approximate surface area is 215 Å². The number of benzene rings is 1. The van der Waals surface area contributed by atoms with Gasteiger partial charge in [-0.25, -0.2) is 17.9 Å². The highest BCUT2D eigenvalue weighted by Gasteiger charge is 2.26. The first kappa shape index (κ1) is 27.0. The Kier molecular flexibility index (Phi) is 7.85. The average molecular weight is 542 g/mol. The van der Waals surface area contributed by atoms with Crippen molar-refractivity contribution in [3.05, 3.63) is 52.3 Å². The van der Waals surface area contributed by atoms with Gasteiger partial charge in [0.05, 0.1) is 29.2 Å². The molecule has 3 aromatic rings. The van der Waals surface area contributed by atoms with Crippen LogP contribution < -0.4 is 15.4 Å². The van der Waals surface area contributed by atoms with Gasteiger partial charge >= 0.3 is 0 Å². The van der Waals surface area contributed by atoms with E-state index in [2.05, 4.69) is 14.7 Å². The van der Waals surface area contributed by atoms with Crippen LogP contribution in [-0.2, 0) is 10.0 Å². The molecule has 0 saturated carbocycles. The third kappa shape index (κ3) is 5.80. The molecule has 2 aromatic heterocycles. The maximum Gasteiger partial charge on any atom is 0.256 e. The molecule has 35 heavy (non-hydrogen) atoms. The second-order valence-corrected chi connectivity index (χ2v) is 11.0. The molecule has 1 aromatic carbocycles. The summed E-state index contributed by atoms with van der Waals surface area (Å²) in [6.07, 6.45) is 3.88. The molecule has 0 aliphatic carbocycles. The van der Waals surface area contributed by atoms with E-state index in [1.165, 1.54) is 23.1 Å². The van der Waals surface area contributed by atoms with Gasteiger partial charge in [-0.15, -0.1) is 12.4 Å². The van der Waals surface area contributed by atoms with Crippen LogP contribution in [0.1, 0.15) is 41.0 Å². The molecule has 4 rings (SSSR count). The number of nitrogens with one attached hydrogen (secondary N) is 1. The molecule has 3 heterocycles. The van der Waals surface area contributed by atoms with Crippen LogP contribution in [0.15, 0.2) is 30.5 Å². The average Bonchev–Trinajstić information content (AvgIpc) is 3.37. The summed E-state index contributed by atoms with van der Waals surface area (Å²) in [5.74, 6) is 0.494. The molecule has 1 saturated heterocycles. The maximum absolute atomic E-state index is 13.3. The van der Waals surface area contributed by atoms with Crippen molar-refractivity contribution in [3.8, 4) is 0 Å². The van der Waals surface area contributed by atoms with Crippen LogP contribution in [0, 0.1) is 6.92 Å². The summed E-state index contributed by atoms with van der Waals surface area (Å²) in [5, 5.41) is 4.96. The lowest BCUT2D eigenvalue weighted by atomic mass is 10.1. The number of fused-ring (bicyclic) bond motifs is 1. The number of nitrogens with zero attached hydrogens (tertiary/aromatic N) is 5. The minimum absolute atomic E-state index is 0. The van der Waals surface area contributed by atoms with Crippen LogP contribution in [0.25, 0.3) is 5.65 Å². The minimum atomic E-state index is -3.58. The molecule has 0 radical (unpaired) electrons. The van der Waals surface area contributed by atoms with Crippen molar-refractivity contribution in [1.82, 2.24) is 19.5 Å². The van der Waals surface area contributed by atoms with Crippen LogP contribution in [0.3, 0.4) is 0 Å². The van der Waals surface area contributed by atoms with E-state index in [0.717, 1.165) is 37.1 Å². The van der Waals surface area contributed by atoms with E-state index >= 15 is 0 Å². The van der Waals surface area contributed by atoms with Crippen molar-refractivity contribution in [2.24, 2.45) is 5.73 Å². The van der Waals surface area contributed by atoms with E-state index in [4.69, 9.17) is 22.3 Å². The van der Waals surface area contributed by atoms with Crippen LogP contribution in [0.4, 0.5) is 11.5 Å². The Hall–Kier alpha value is -2.60. The van der Waals surface area contributed by atoms with Crippen LogP contribution in [0.2, 0.25) is 5.02 Å². The summed E-state index contributed by atoms with van der Waals surface area (Å²) in [5.41, 5.74) is 8.69. The molecule has 1 amide bonds. The van der Waals surface area contributed by atoms with Crippen molar-refractivity contribution in [2.45, 2.75) is 32.4 Å². The first-order chi connectivity index (χ1) is 15.9. The summed E-state index contributed by atoms with van der Waals surface area (Å²) < 4.78 is 27.6. The van der Waals surface area contributed by atoms with E-state index in [-0.39, 0.29) is 29.7 Å². The number of carbonyl (C=O) groups excluding carboxylic acids is 1. The number of amides is 1. The standard InChI is InChI=1S/C22H28ClN7O3S.ClH/c1-13-11-30-20(25-21(13)29-8-7-16(24)12-29)10-19(26-30)14(2)28(3)22(31)17-9-15(23)5-6-18(17)27-34(4,32)33;/h5-6,9-11,14,16,27H,7-8,12,24H2,1-4H3;1H/t14-,16+;/m1./s1. The molecular weight excluding hydrogens is 513 g/mol. The fourth-order valence-corrected chi connectivity index (χ4v) is 4.82. The number of halogens is 2. The number of sulfonamides is 1. The van der Waals surface area contributed by atoms with Crippen molar-refractivity contribution in [1.29, 1.82) is 0 Å². The van der Waals surface area contributed by atoms with Gasteiger partial charge in [0.25, 0.3) is 5.91 Å². The lowest BCUT2D eigenvalue weighted by molar-refractivity contribution is 0.0740. The predicted molar refractivity (Wildman–Crippen MR) is 140 cm³/mol. The fourth-order valence-electron chi connectivity index (χ4n) is 4.07. The Morgan fingerprint density at radius 2 is 2.06 bits per heavy atom. The lowest BCUT2D eigenvalue weighted by Gasteiger charge is -2.24. The third-order valence-corrected chi connectivity index (χ3v) is 6.81. The fraction of sp³-hybridized carbons (Fsp3) is 0.409. The molecule has 1 aliphatic rings. The summed E-state index contributed by atoms with van der Waals surface area (Å²) in [7, 11) is -1.94. The second kappa shape index (κ2) is 10.2. The largest absolute Gasteiger partial charge is 0.355 e. The molecular formula is C22H29Cl2N7O3S. The first-order valence-corrected chi connectivity index (χ1v) is 13.1. The maximum atomic E-state index is 13.3. The van der Waals surface area contributed by atoms with Gasteiger partial charge < -0.3 is 15.5 Å². The molecule has 13 heteroatoms. The number of anilines is 2. The first-order valence-electron chi connectivity index (χ1n) is 10.8. The van der Waals surface area contributed by atoms with E-state index in [1.807, 2.05) is 26.1 Å². The quantitative estimate of drug-likeness (QED) is 0.491. The number of hydrogen-bond acceptors (Lipinski definition) is 7. The van der Waals surface area contributed by atoms with E-state index < -0.39 is 22.0 Å². The summed E-state index contributed by atoms with van der Waals surface area (Å²) in [6.45, 7) is 5.47. The Balaban J connectivity index is 0.00000342. The number of aryl methyl sites for hydroxylation is 1. The Morgan fingerprint density at radius 3 is 2.69 bits per heavy atom. The van der Waals surface area contributed by atoms with Crippen molar-refractivity contribution < 1.29 is 13.2 Å².